The lowest BCUT2D eigenvalue weighted by atomic mass is 9.80. The highest BCUT2D eigenvalue weighted by Crippen LogP contribution is 2.27. The Kier molecular flexibility index (Phi) is 5.85. The highest BCUT2D eigenvalue weighted by Gasteiger charge is 2.33. The van der Waals surface area contributed by atoms with Gasteiger partial charge in [-0.25, -0.2) is 4.98 Å². The number of aliphatic carboxylic acids is 1. The molecule has 1 aromatic carbocycles. The second-order valence-electron chi connectivity index (χ2n) is 8.20. The third-order valence-corrected chi connectivity index (χ3v) is 5.26. The molecular weight excluding hydrogens is 382 g/mol. The van der Waals surface area contributed by atoms with Crippen molar-refractivity contribution in [1.29, 1.82) is 0 Å². The smallest absolute Gasteiger partial charge is 0.306 e. The molecule has 156 valence electrons. The van der Waals surface area contributed by atoms with Crippen molar-refractivity contribution in [3.63, 3.8) is 0 Å². The summed E-state index contributed by atoms with van der Waals surface area (Å²) in [5.41, 5.74) is 3.47. The minimum atomic E-state index is -0.719. The number of hydrogen-bond acceptors (Lipinski definition) is 7. The molecule has 1 fully saturated rings. The molecule has 3 aromatic rings. The summed E-state index contributed by atoms with van der Waals surface area (Å²) >= 11 is 0. The van der Waals surface area contributed by atoms with Crippen molar-refractivity contribution in [1.82, 2.24) is 25.4 Å². The molecule has 0 unspecified atom stereocenters. The predicted octanol–water partition coefficient (Wildman–Crippen LogP) is 3.34. The van der Waals surface area contributed by atoms with Gasteiger partial charge in [0.05, 0.1) is 24.0 Å². The van der Waals surface area contributed by atoms with Crippen LogP contribution in [0.1, 0.15) is 37.9 Å². The van der Waals surface area contributed by atoms with E-state index in [9.17, 15) is 4.79 Å². The first-order valence-electron chi connectivity index (χ1n) is 10.2. The topological polar surface area (TPSA) is 114 Å². The Labute approximate surface area is 174 Å². The summed E-state index contributed by atoms with van der Waals surface area (Å²) < 4.78 is 5.40. The molecule has 2 heterocycles. The monoisotopic (exact) mass is 407 g/mol. The molecule has 0 bridgehead atoms. The Balaban J connectivity index is 1.35. The van der Waals surface area contributed by atoms with Gasteiger partial charge in [0.1, 0.15) is 5.69 Å². The summed E-state index contributed by atoms with van der Waals surface area (Å²) in [6, 6.07) is 8.37. The molecule has 8 nitrogen and oxygen atoms in total. The zero-order valence-electron chi connectivity index (χ0n) is 17.1. The highest BCUT2D eigenvalue weighted by atomic mass is 16.5. The maximum atomic E-state index is 10.8. The second kappa shape index (κ2) is 8.71. The first kappa shape index (κ1) is 20.2. The van der Waals surface area contributed by atoms with Gasteiger partial charge in [-0.05, 0) is 42.9 Å². The molecule has 1 aliphatic carbocycles. The van der Waals surface area contributed by atoms with Crippen LogP contribution in [0.5, 0.6) is 0 Å². The average molecular weight is 407 g/mol. The van der Waals surface area contributed by atoms with Crippen LogP contribution in [0.15, 0.2) is 41.2 Å². The molecule has 30 heavy (non-hydrogen) atoms. The zero-order valence-corrected chi connectivity index (χ0v) is 17.1. The maximum absolute atomic E-state index is 10.8. The molecule has 0 saturated heterocycles. The van der Waals surface area contributed by atoms with Crippen LogP contribution < -0.4 is 5.32 Å². The molecule has 0 spiro atoms. The number of rotatable bonds is 8. The van der Waals surface area contributed by atoms with E-state index in [1.54, 1.807) is 12.4 Å². The lowest BCUT2D eigenvalue weighted by Crippen LogP contribution is -2.43. The van der Waals surface area contributed by atoms with Gasteiger partial charge in [-0.3, -0.25) is 9.78 Å². The summed E-state index contributed by atoms with van der Waals surface area (Å²) in [5, 5.41) is 16.3. The number of nitrogens with zero attached hydrogens (tertiary/aromatic N) is 4. The number of aromatic nitrogens is 4. The normalized spacial score (nSPS) is 18.4. The Hall–Kier alpha value is -3.13. The lowest BCUT2D eigenvalue weighted by molar-refractivity contribution is -0.145. The molecule has 2 N–H and O–H groups in total. The maximum Gasteiger partial charge on any atom is 0.306 e. The van der Waals surface area contributed by atoms with Crippen molar-refractivity contribution in [3.05, 3.63) is 47.9 Å². The second-order valence-corrected chi connectivity index (χ2v) is 8.20. The minimum Gasteiger partial charge on any atom is -0.481 e. The molecule has 4 rings (SSSR count). The van der Waals surface area contributed by atoms with Gasteiger partial charge >= 0.3 is 5.97 Å². The van der Waals surface area contributed by atoms with E-state index in [1.807, 2.05) is 12.1 Å². The van der Waals surface area contributed by atoms with Gasteiger partial charge in [-0.15, -0.1) is 0 Å². The largest absolute Gasteiger partial charge is 0.481 e. The molecule has 0 amide bonds. The van der Waals surface area contributed by atoms with Crippen molar-refractivity contribution in [3.8, 4) is 23.0 Å². The van der Waals surface area contributed by atoms with Crippen LogP contribution in [0.4, 0.5) is 0 Å². The van der Waals surface area contributed by atoms with Gasteiger partial charge in [-0.2, -0.15) is 4.98 Å². The fourth-order valence-corrected chi connectivity index (χ4v) is 3.50. The molecule has 1 aliphatic rings. The number of carbonyl (C=O) groups is 1. The van der Waals surface area contributed by atoms with E-state index in [-0.39, 0.29) is 12.0 Å². The van der Waals surface area contributed by atoms with Crippen molar-refractivity contribution in [2.45, 2.75) is 45.7 Å². The van der Waals surface area contributed by atoms with Gasteiger partial charge in [0, 0.05) is 18.2 Å². The van der Waals surface area contributed by atoms with E-state index in [4.69, 9.17) is 9.63 Å². The van der Waals surface area contributed by atoms with Crippen LogP contribution >= 0.6 is 0 Å². The summed E-state index contributed by atoms with van der Waals surface area (Å²) in [5.74, 6) is 0.508. The van der Waals surface area contributed by atoms with Crippen LogP contribution in [0.3, 0.4) is 0 Å². The Morgan fingerprint density at radius 3 is 2.60 bits per heavy atom. The standard InChI is InChI=1S/C22H25N5O3/c1-13(2)7-14-3-5-15(6-4-14)21-26-20(27-30-21)19-12-24-18(11-25-19)10-23-17-8-16(9-17)22(28)29/h3-6,11-13,16-17,23H,7-10H2,1-2H3,(H,28,29). The Morgan fingerprint density at radius 2 is 1.97 bits per heavy atom. The molecule has 0 radical (unpaired) electrons. The molecule has 0 atom stereocenters. The molecule has 8 heteroatoms. The van der Waals surface area contributed by atoms with Crippen LogP contribution in [0, 0.1) is 11.8 Å². The van der Waals surface area contributed by atoms with Crippen molar-refractivity contribution in [2.75, 3.05) is 0 Å². The highest BCUT2D eigenvalue weighted by molar-refractivity contribution is 5.71. The zero-order chi connectivity index (χ0) is 21.1. The quantitative estimate of drug-likeness (QED) is 0.584. The van der Waals surface area contributed by atoms with E-state index >= 15 is 0 Å². The van der Waals surface area contributed by atoms with Crippen LogP contribution in [0.25, 0.3) is 23.0 Å². The van der Waals surface area contributed by atoms with Gasteiger partial charge in [0.2, 0.25) is 5.82 Å². The Bertz CT molecular complexity index is 992. The predicted molar refractivity (Wildman–Crippen MR) is 110 cm³/mol. The van der Waals surface area contributed by atoms with E-state index in [0.29, 0.717) is 42.7 Å². The number of nitrogens with one attached hydrogen (secondary N) is 1. The number of hydrogen-bond donors (Lipinski definition) is 2. The summed E-state index contributed by atoms with van der Waals surface area (Å²) in [7, 11) is 0. The molecule has 2 aromatic heterocycles. The minimum absolute atomic E-state index is 0.222. The van der Waals surface area contributed by atoms with Crippen molar-refractivity contribution >= 4 is 5.97 Å². The van der Waals surface area contributed by atoms with Gasteiger partial charge in [-0.1, -0.05) is 31.1 Å². The number of benzene rings is 1. The lowest BCUT2D eigenvalue weighted by Gasteiger charge is -2.32. The van der Waals surface area contributed by atoms with Gasteiger partial charge in [0.25, 0.3) is 5.89 Å². The van der Waals surface area contributed by atoms with E-state index in [1.165, 1.54) is 5.56 Å². The van der Waals surface area contributed by atoms with Crippen LogP contribution in [0.2, 0.25) is 0 Å². The van der Waals surface area contributed by atoms with E-state index < -0.39 is 5.97 Å². The fourth-order valence-electron chi connectivity index (χ4n) is 3.50. The van der Waals surface area contributed by atoms with Gasteiger partial charge in [0.15, 0.2) is 0 Å². The Morgan fingerprint density at radius 1 is 1.20 bits per heavy atom. The summed E-state index contributed by atoms with van der Waals surface area (Å²) in [4.78, 5) is 24.1. The fraction of sp³-hybridized carbons (Fsp3) is 0.409. The first-order valence-corrected chi connectivity index (χ1v) is 10.2. The van der Waals surface area contributed by atoms with Gasteiger partial charge < -0.3 is 14.9 Å². The molecule has 0 aliphatic heterocycles. The van der Waals surface area contributed by atoms with E-state index in [0.717, 1.165) is 17.7 Å². The van der Waals surface area contributed by atoms with E-state index in [2.05, 4.69) is 51.4 Å². The third kappa shape index (κ3) is 4.71. The molecular formula is C22H25N5O3. The molecule has 1 saturated carbocycles. The van der Waals surface area contributed by atoms with Crippen LogP contribution in [-0.2, 0) is 17.8 Å². The summed E-state index contributed by atoms with van der Waals surface area (Å²) in [6.45, 7) is 4.94. The van der Waals surface area contributed by atoms with Crippen LogP contribution in [-0.4, -0.2) is 37.2 Å². The SMILES string of the molecule is CC(C)Cc1ccc(-c2nc(-c3cnc(CNC4CC(C(=O)O)C4)cn3)no2)cc1. The number of carboxylic acid groups (broad SMARTS) is 1. The van der Waals surface area contributed by atoms with Crippen molar-refractivity contribution < 1.29 is 14.4 Å². The van der Waals surface area contributed by atoms with Crippen molar-refractivity contribution in [2.24, 2.45) is 11.8 Å². The number of carboxylic acids is 1. The summed E-state index contributed by atoms with van der Waals surface area (Å²) in [6.07, 6.45) is 5.65. The first-order chi connectivity index (χ1) is 14.5. The average Bonchev–Trinajstić information content (AvgIpc) is 3.17. The third-order valence-electron chi connectivity index (χ3n) is 5.26.